The number of ether oxygens (including phenoxy) is 1. The second-order valence-corrected chi connectivity index (χ2v) is 7.81. The summed E-state index contributed by atoms with van der Waals surface area (Å²) in [5.41, 5.74) is 1.14. The van der Waals surface area contributed by atoms with Gasteiger partial charge in [0.2, 0.25) is 5.91 Å². The first-order valence-corrected chi connectivity index (χ1v) is 9.97. The van der Waals surface area contributed by atoms with Crippen molar-refractivity contribution >= 4 is 23.6 Å². The number of methoxy groups -OCH3 is 1. The summed E-state index contributed by atoms with van der Waals surface area (Å²) in [6.45, 7) is 4.35. The number of halogens is 1. The highest BCUT2D eigenvalue weighted by Crippen LogP contribution is 2.32. The van der Waals surface area contributed by atoms with E-state index in [0.29, 0.717) is 30.9 Å². The molecule has 2 aliphatic heterocycles. The minimum Gasteiger partial charge on any atom is -0.385 e. The fraction of sp³-hybridized carbons (Fsp3) is 0.571. The highest BCUT2D eigenvalue weighted by Gasteiger charge is 2.38. The second-order valence-electron chi connectivity index (χ2n) is 7.33. The molecule has 2 atom stereocenters. The Hall–Kier alpha value is -1.36. The number of hydrogen-bond acceptors (Lipinski definition) is 3. The number of carbonyl (C=O) groups excluding carboxylic acids is 1. The number of nitrogens with zero attached hydrogens (tertiary/aromatic N) is 2. The van der Waals surface area contributed by atoms with Gasteiger partial charge >= 0.3 is 0 Å². The lowest BCUT2D eigenvalue weighted by molar-refractivity contribution is -0.141. The topological polar surface area (TPSA) is 32.8 Å². The minimum atomic E-state index is 0.317. The maximum absolute atomic E-state index is 12.3. The maximum Gasteiger partial charge on any atom is 0.222 e. The van der Waals surface area contributed by atoms with Crippen molar-refractivity contribution in [1.29, 1.82) is 0 Å². The van der Waals surface area contributed by atoms with Gasteiger partial charge in [0.1, 0.15) is 0 Å². The van der Waals surface area contributed by atoms with Crippen molar-refractivity contribution in [3.05, 3.63) is 40.9 Å². The van der Waals surface area contributed by atoms with Crippen LogP contribution in [0.5, 0.6) is 0 Å². The zero-order chi connectivity index (χ0) is 18.4. The van der Waals surface area contributed by atoms with Gasteiger partial charge in [-0.05, 0) is 36.8 Å². The van der Waals surface area contributed by atoms with Crippen LogP contribution in [0.15, 0.2) is 35.4 Å². The first-order chi connectivity index (χ1) is 12.7. The molecular formula is C21H29ClN2O2. The van der Waals surface area contributed by atoms with Crippen LogP contribution in [-0.4, -0.2) is 61.6 Å². The van der Waals surface area contributed by atoms with Gasteiger partial charge in [0, 0.05) is 57.4 Å². The number of likely N-dealkylation sites (tertiary alicyclic amines) is 2. The van der Waals surface area contributed by atoms with Crippen LogP contribution in [0, 0.1) is 5.92 Å². The highest BCUT2D eigenvalue weighted by molar-refractivity contribution is 6.31. The molecule has 2 saturated heterocycles. The molecule has 0 spiro atoms. The van der Waals surface area contributed by atoms with Crippen LogP contribution < -0.4 is 0 Å². The Kier molecular flexibility index (Phi) is 7.12. The number of fused-ring (bicyclic) bond motifs is 1. The van der Waals surface area contributed by atoms with Gasteiger partial charge in [-0.2, -0.15) is 0 Å². The first kappa shape index (κ1) is 19.4. The normalized spacial score (nSPS) is 24.6. The van der Waals surface area contributed by atoms with Gasteiger partial charge in [0.15, 0.2) is 0 Å². The first-order valence-electron chi connectivity index (χ1n) is 9.59. The van der Waals surface area contributed by atoms with Crippen molar-refractivity contribution < 1.29 is 9.53 Å². The smallest absolute Gasteiger partial charge is 0.222 e. The molecule has 26 heavy (non-hydrogen) atoms. The summed E-state index contributed by atoms with van der Waals surface area (Å²) in [5.74, 6) is 0.878. The Morgan fingerprint density at radius 3 is 2.88 bits per heavy atom. The minimum absolute atomic E-state index is 0.317. The SMILES string of the molecule is COCCCN1C(=O)CC[C@@H]2CN(CC(Cl)=Cc3ccccc3)CC[C@@H]21. The fourth-order valence-corrected chi connectivity index (χ4v) is 4.52. The zero-order valence-electron chi connectivity index (χ0n) is 15.6. The summed E-state index contributed by atoms with van der Waals surface area (Å²) >= 11 is 6.50. The van der Waals surface area contributed by atoms with Gasteiger partial charge in [-0.3, -0.25) is 9.69 Å². The molecule has 1 amide bonds. The highest BCUT2D eigenvalue weighted by atomic mass is 35.5. The lowest BCUT2D eigenvalue weighted by Crippen LogP contribution is -2.56. The summed E-state index contributed by atoms with van der Waals surface area (Å²) in [4.78, 5) is 16.9. The van der Waals surface area contributed by atoms with Gasteiger partial charge < -0.3 is 9.64 Å². The molecule has 0 radical (unpaired) electrons. The van der Waals surface area contributed by atoms with Crippen LogP contribution in [0.25, 0.3) is 6.08 Å². The van der Waals surface area contributed by atoms with E-state index in [1.165, 1.54) is 0 Å². The van der Waals surface area contributed by atoms with E-state index in [9.17, 15) is 4.79 Å². The summed E-state index contributed by atoms with van der Waals surface area (Å²) < 4.78 is 5.15. The summed E-state index contributed by atoms with van der Waals surface area (Å²) in [6.07, 6.45) is 5.69. The van der Waals surface area contributed by atoms with E-state index in [0.717, 1.165) is 56.0 Å². The molecule has 5 heteroatoms. The van der Waals surface area contributed by atoms with Crippen molar-refractivity contribution in [3.63, 3.8) is 0 Å². The van der Waals surface area contributed by atoms with Crippen molar-refractivity contribution in [2.24, 2.45) is 5.92 Å². The van der Waals surface area contributed by atoms with Gasteiger partial charge in [0.25, 0.3) is 0 Å². The average molecular weight is 377 g/mol. The molecule has 0 bridgehead atoms. The van der Waals surface area contributed by atoms with E-state index in [4.69, 9.17) is 16.3 Å². The monoisotopic (exact) mass is 376 g/mol. The molecule has 142 valence electrons. The van der Waals surface area contributed by atoms with Crippen LogP contribution in [0.4, 0.5) is 0 Å². The molecule has 0 aromatic heterocycles. The number of benzene rings is 1. The van der Waals surface area contributed by atoms with Gasteiger partial charge in [0.05, 0.1) is 0 Å². The van der Waals surface area contributed by atoms with E-state index >= 15 is 0 Å². The number of rotatable bonds is 7. The molecular weight excluding hydrogens is 348 g/mol. The molecule has 2 aliphatic rings. The molecule has 2 heterocycles. The van der Waals surface area contributed by atoms with Crippen molar-refractivity contribution in [2.45, 2.75) is 31.7 Å². The van der Waals surface area contributed by atoms with Crippen LogP contribution in [0.1, 0.15) is 31.2 Å². The summed E-state index contributed by atoms with van der Waals surface area (Å²) in [7, 11) is 1.71. The molecule has 0 aliphatic carbocycles. The molecule has 3 rings (SSSR count). The molecule has 0 saturated carbocycles. The Morgan fingerprint density at radius 1 is 1.31 bits per heavy atom. The van der Waals surface area contributed by atoms with E-state index in [1.807, 2.05) is 18.2 Å². The van der Waals surface area contributed by atoms with E-state index in [1.54, 1.807) is 7.11 Å². The van der Waals surface area contributed by atoms with Gasteiger partial charge in [-0.1, -0.05) is 41.9 Å². The quantitative estimate of drug-likeness (QED) is 0.681. The van der Waals surface area contributed by atoms with Crippen molar-refractivity contribution in [2.75, 3.05) is 39.9 Å². The van der Waals surface area contributed by atoms with Crippen LogP contribution >= 0.6 is 11.6 Å². The molecule has 1 aromatic carbocycles. The third-order valence-electron chi connectivity index (χ3n) is 5.47. The van der Waals surface area contributed by atoms with E-state index in [2.05, 4.69) is 28.0 Å². The second kappa shape index (κ2) is 9.54. The summed E-state index contributed by atoms with van der Waals surface area (Å²) in [6, 6.07) is 10.6. The standard InChI is InChI=1S/C21H29ClN2O2/c1-26-13-5-11-24-20-10-12-23(15-18(20)8-9-21(24)25)16-19(22)14-17-6-3-2-4-7-17/h2-4,6-7,14,18,20H,5,8-13,15-16H2,1H3/t18-,20+/m1/s1. The number of piperidine rings is 2. The molecule has 2 fully saturated rings. The fourth-order valence-electron chi connectivity index (χ4n) is 4.23. The molecule has 0 N–H and O–H groups in total. The van der Waals surface area contributed by atoms with Crippen molar-refractivity contribution in [1.82, 2.24) is 9.80 Å². The van der Waals surface area contributed by atoms with Crippen molar-refractivity contribution in [3.8, 4) is 0 Å². The van der Waals surface area contributed by atoms with E-state index in [-0.39, 0.29) is 0 Å². The van der Waals surface area contributed by atoms with E-state index < -0.39 is 0 Å². The largest absolute Gasteiger partial charge is 0.385 e. The van der Waals surface area contributed by atoms with Crippen LogP contribution in [-0.2, 0) is 9.53 Å². The maximum atomic E-state index is 12.3. The molecule has 0 unspecified atom stereocenters. The van der Waals surface area contributed by atoms with Gasteiger partial charge in [-0.25, -0.2) is 0 Å². The third-order valence-corrected chi connectivity index (χ3v) is 5.70. The number of carbonyl (C=O) groups is 1. The average Bonchev–Trinajstić information content (AvgIpc) is 2.64. The van der Waals surface area contributed by atoms with Crippen LogP contribution in [0.2, 0.25) is 0 Å². The van der Waals surface area contributed by atoms with Crippen LogP contribution in [0.3, 0.4) is 0 Å². The zero-order valence-corrected chi connectivity index (χ0v) is 16.3. The Morgan fingerprint density at radius 2 is 2.12 bits per heavy atom. The third kappa shape index (κ3) is 5.09. The predicted molar refractivity (Wildman–Crippen MR) is 106 cm³/mol. The lowest BCUT2D eigenvalue weighted by atomic mass is 9.83. The summed E-state index contributed by atoms with van der Waals surface area (Å²) in [5, 5.41) is 0.874. The molecule has 1 aromatic rings. The number of hydrogen-bond donors (Lipinski definition) is 0. The number of amides is 1. The molecule has 4 nitrogen and oxygen atoms in total. The Balaban J connectivity index is 1.56. The Bertz CT molecular complexity index is 620. The lowest BCUT2D eigenvalue weighted by Gasteiger charge is -2.47. The predicted octanol–water partition coefficient (Wildman–Crippen LogP) is 3.62. The van der Waals surface area contributed by atoms with Gasteiger partial charge in [-0.15, -0.1) is 0 Å². The Labute approximate surface area is 161 Å².